The Morgan fingerprint density at radius 3 is 2.78 bits per heavy atom. The van der Waals surface area contributed by atoms with Gasteiger partial charge in [0.15, 0.2) is 0 Å². The van der Waals surface area contributed by atoms with E-state index < -0.39 is 0 Å². The minimum absolute atomic E-state index is 0.127. The summed E-state index contributed by atoms with van der Waals surface area (Å²) in [5, 5.41) is 0. The van der Waals surface area contributed by atoms with Crippen LogP contribution in [0.1, 0.15) is 5.56 Å². The maximum Gasteiger partial charge on any atom is 0.261 e. The van der Waals surface area contributed by atoms with E-state index >= 15 is 0 Å². The van der Waals surface area contributed by atoms with E-state index in [0.717, 1.165) is 5.56 Å². The van der Waals surface area contributed by atoms with Crippen LogP contribution in [0.4, 0.5) is 0 Å². The summed E-state index contributed by atoms with van der Waals surface area (Å²) in [6.45, 7) is 1.84. The lowest BCUT2D eigenvalue weighted by molar-refractivity contribution is 1.10. The number of aromatic nitrogens is 1. The molecule has 48 valence electrons. The van der Waals surface area contributed by atoms with Crippen LogP contribution in [0.2, 0.25) is 0 Å². The molecule has 1 aromatic rings. The molecule has 0 radical (unpaired) electrons. The minimum Gasteiger partial charge on any atom is -0.328 e. The minimum atomic E-state index is -0.127. The summed E-state index contributed by atoms with van der Waals surface area (Å²) in [6, 6.07) is 1.81. The third-order valence-corrected chi connectivity index (χ3v) is 1.69. The molecule has 0 aliphatic carbocycles. The van der Waals surface area contributed by atoms with Crippen LogP contribution in [0.25, 0.3) is 0 Å². The number of aromatic amines is 1. The summed E-state index contributed by atoms with van der Waals surface area (Å²) in [4.78, 5) is 13.7. The van der Waals surface area contributed by atoms with Gasteiger partial charge in [-0.2, -0.15) is 0 Å². The zero-order valence-electron chi connectivity index (χ0n) is 5.01. The van der Waals surface area contributed by atoms with Crippen LogP contribution in [-0.2, 0) is 0 Å². The molecular formula is C6H7NOS. The molecule has 0 bridgehead atoms. The predicted molar refractivity (Wildman–Crippen MR) is 39.1 cm³/mol. The van der Waals surface area contributed by atoms with Crippen molar-refractivity contribution in [3.63, 3.8) is 0 Å². The van der Waals surface area contributed by atoms with Crippen LogP contribution < -0.4 is 5.56 Å². The molecular weight excluding hydrogens is 134 g/mol. The Hall–Kier alpha value is -0.700. The summed E-state index contributed by atoms with van der Waals surface area (Å²) in [5.41, 5.74) is 0.778. The van der Waals surface area contributed by atoms with Gasteiger partial charge in [0.1, 0.15) is 0 Å². The first-order valence-corrected chi connectivity index (χ1v) is 3.04. The van der Waals surface area contributed by atoms with Crippen molar-refractivity contribution >= 4 is 12.6 Å². The summed E-state index contributed by atoms with van der Waals surface area (Å²) in [5.74, 6) is 0. The van der Waals surface area contributed by atoms with Crippen LogP contribution >= 0.6 is 12.6 Å². The average molecular weight is 141 g/mol. The predicted octanol–water partition coefficient (Wildman–Crippen LogP) is 0.972. The Balaban J connectivity index is 3.43. The molecule has 1 rings (SSSR count). The number of hydrogen-bond donors (Lipinski definition) is 2. The van der Waals surface area contributed by atoms with Crippen molar-refractivity contribution in [3.8, 4) is 0 Å². The molecule has 0 atom stereocenters. The number of rotatable bonds is 0. The van der Waals surface area contributed by atoms with Crippen LogP contribution in [0.15, 0.2) is 22.0 Å². The Labute approximate surface area is 58.3 Å². The quantitative estimate of drug-likeness (QED) is 0.518. The molecule has 1 aromatic heterocycles. The highest BCUT2D eigenvalue weighted by molar-refractivity contribution is 7.80. The zero-order valence-corrected chi connectivity index (χ0v) is 5.90. The molecule has 0 saturated heterocycles. The maximum absolute atomic E-state index is 10.7. The van der Waals surface area contributed by atoms with E-state index in [9.17, 15) is 4.79 Å². The number of aryl methyl sites for hydroxylation is 1. The van der Waals surface area contributed by atoms with Crippen LogP contribution in [0, 0.1) is 6.92 Å². The van der Waals surface area contributed by atoms with Crippen molar-refractivity contribution in [2.45, 2.75) is 11.8 Å². The van der Waals surface area contributed by atoms with Gasteiger partial charge >= 0.3 is 0 Å². The van der Waals surface area contributed by atoms with Crippen molar-refractivity contribution in [3.05, 3.63) is 28.2 Å². The van der Waals surface area contributed by atoms with E-state index in [4.69, 9.17) is 0 Å². The third kappa shape index (κ3) is 1.16. The Morgan fingerprint density at radius 2 is 2.33 bits per heavy atom. The molecule has 3 heteroatoms. The molecule has 0 spiro atoms. The van der Waals surface area contributed by atoms with Crippen molar-refractivity contribution in [1.29, 1.82) is 0 Å². The van der Waals surface area contributed by atoms with Gasteiger partial charge in [-0.25, -0.2) is 0 Å². The monoisotopic (exact) mass is 141 g/mol. The third-order valence-electron chi connectivity index (χ3n) is 1.14. The van der Waals surface area contributed by atoms with E-state index in [2.05, 4.69) is 17.6 Å². The van der Waals surface area contributed by atoms with E-state index in [1.165, 1.54) is 0 Å². The van der Waals surface area contributed by atoms with Gasteiger partial charge in [-0.05, 0) is 18.6 Å². The fourth-order valence-electron chi connectivity index (χ4n) is 0.569. The lowest BCUT2D eigenvalue weighted by atomic mass is 10.3. The Morgan fingerprint density at radius 1 is 1.67 bits per heavy atom. The van der Waals surface area contributed by atoms with E-state index in [0.29, 0.717) is 4.90 Å². The van der Waals surface area contributed by atoms with Gasteiger partial charge in [0, 0.05) is 6.20 Å². The summed E-state index contributed by atoms with van der Waals surface area (Å²) in [7, 11) is 0. The normalized spacial score (nSPS) is 9.56. The molecule has 0 aromatic carbocycles. The first-order chi connectivity index (χ1) is 4.22. The molecule has 1 heterocycles. The van der Waals surface area contributed by atoms with Gasteiger partial charge in [-0.1, -0.05) is 0 Å². The summed E-state index contributed by atoms with van der Waals surface area (Å²) < 4.78 is 0. The Bertz CT molecular complexity index is 266. The molecule has 0 aliphatic heterocycles. The first kappa shape index (κ1) is 6.42. The second-order valence-electron chi connectivity index (χ2n) is 1.84. The van der Waals surface area contributed by atoms with Crippen molar-refractivity contribution in [1.82, 2.24) is 4.98 Å². The van der Waals surface area contributed by atoms with Gasteiger partial charge in [-0.15, -0.1) is 12.6 Å². The van der Waals surface area contributed by atoms with Gasteiger partial charge in [-0.3, -0.25) is 4.79 Å². The smallest absolute Gasteiger partial charge is 0.261 e. The summed E-state index contributed by atoms with van der Waals surface area (Å²) in [6.07, 6.45) is 1.61. The molecule has 0 amide bonds. The molecule has 0 unspecified atom stereocenters. The first-order valence-electron chi connectivity index (χ1n) is 2.59. The molecule has 2 nitrogen and oxygen atoms in total. The van der Waals surface area contributed by atoms with Crippen LogP contribution in [0.5, 0.6) is 0 Å². The fraction of sp³-hybridized carbons (Fsp3) is 0.167. The molecule has 1 N–H and O–H groups in total. The van der Waals surface area contributed by atoms with Crippen molar-refractivity contribution in [2.24, 2.45) is 0 Å². The number of H-pyrrole nitrogens is 1. The van der Waals surface area contributed by atoms with E-state index in [1.807, 2.05) is 13.0 Å². The van der Waals surface area contributed by atoms with Gasteiger partial charge in [0.05, 0.1) is 4.90 Å². The summed E-state index contributed by atoms with van der Waals surface area (Å²) >= 11 is 3.97. The highest BCUT2D eigenvalue weighted by Crippen LogP contribution is 2.02. The van der Waals surface area contributed by atoms with Crippen LogP contribution in [-0.4, -0.2) is 4.98 Å². The molecule has 0 fully saturated rings. The topological polar surface area (TPSA) is 32.9 Å². The largest absolute Gasteiger partial charge is 0.328 e. The zero-order chi connectivity index (χ0) is 6.85. The van der Waals surface area contributed by atoms with E-state index in [-0.39, 0.29) is 5.56 Å². The number of pyridine rings is 1. The fourth-order valence-corrected chi connectivity index (χ4v) is 0.708. The molecule has 0 saturated carbocycles. The van der Waals surface area contributed by atoms with Gasteiger partial charge in [0.25, 0.3) is 5.56 Å². The number of thiol groups is 1. The average Bonchev–Trinajstić information content (AvgIpc) is 1.83. The SMILES string of the molecule is Cc1cc[nH]c(=O)c1S. The van der Waals surface area contributed by atoms with Gasteiger partial charge < -0.3 is 4.98 Å². The second kappa shape index (κ2) is 2.27. The lowest BCUT2D eigenvalue weighted by Gasteiger charge is -1.92. The molecule has 9 heavy (non-hydrogen) atoms. The highest BCUT2D eigenvalue weighted by Gasteiger charge is 1.93. The standard InChI is InChI=1S/C6H7NOS/c1-4-2-3-7-6(8)5(4)9/h2-3,9H,1H3,(H,7,8). The van der Waals surface area contributed by atoms with Gasteiger partial charge in [0.2, 0.25) is 0 Å². The highest BCUT2D eigenvalue weighted by atomic mass is 32.1. The number of hydrogen-bond acceptors (Lipinski definition) is 2. The maximum atomic E-state index is 10.7. The van der Waals surface area contributed by atoms with E-state index in [1.54, 1.807) is 6.20 Å². The second-order valence-corrected chi connectivity index (χ2v) is 2.29. The number of nitrogens with one attached hydrogen (secondary N) is 1. The molecule has 0 aliphatic rings. The van der Waals surface area contributed by atoms with Crippen molar-refractivity contribution < 1.29 is 0 Å². The Kier molecular flexibility index (Phi) is 1.62. The van der Waals surface area contributed by atoms with Crippen LogP contribution in [0.3, 0.4) is 0 Å². The lowest BCUT2D eigenvalue weighted by Crippen LogP contribution is -2.06. The van der Waals surface area contributed by atoms with Crippen molar-refractivity contribution in [2.75, 3.05) is 0 Å².